The summed E-state index contributed by atoms with van der Waals surface area (Å²) in [6.07, 6.45) is -0.511. The van der Waals surface area contributed by atoms with E-state index in [2.05, 4.69) is 15.5 Å². The standard InChI is InChI=1S/C12H20ClN3O3/c1-7(2)9(10-14-8(6-13)19-16-10)15-11(17)18-12(3,4)5/h7,9H,6H2,1-5H3,(H,15,17). The molecule has 0 saturated heterocycles. The van der Waals surface area contributed by atoms with Crippen LogP contribution < -0.4 is 5.32 Å². The topological polar surface area (TPSA) is 77.2 Å². The fraction of sp³-hybridized carbons (Fsp3) is 0.750. The number of hydrogen-bond donors (Lipinski definition) is 1. The van der Waals surface area contributed by atoms with E-state index < -0.39 is 11.7 Å². The molecule has 19 heavy (non-hydrogen) atoms. The summed E-state index contributed by atoms with van der Waals surface area (Å²) in [5, 5.41) is 6.55. The Kier molecular flexibility index (Phi) is 5.17. The molecule has 0 spiro atoms. The maximum atomic E-state index is 11.8. The van der Waals surface area contributed by atoms with E-state index in [4.69, 9.17) is 20.9 Å². The van der Waals surface area contributed by atoms with Crippen LogP contribution in [0, 0.1) is 5.92 Å². The number of carbonyl (C=O) groups is 1. The summed E-state index contributed by atoms with van der Waals surface area (Å²) in [6, 6.07) is -0.379. The number of amides is 1. The molecule has 1 amide bonds. The Hall–Kier alpha value is -1.30. The van der Waals surface area contributed by atoms with E-state index in [9.17, 15) is 4.79 Å². The lowest BCUT2D eigenvalue weighted by atomic mass is 10.0. The van der Waals surface area contributed by atoms with E-state index in [1.54, 1.807) is 20.8 Å². The quantitative estimate of drug-likeness (QED) is 0.862. The number of nitrogens with one attached hydrogen (secondary N) is 1. The van der Waals surface area contributed by atoms with Crippen molar-refractivity contribution in [3.05, 3.63) is 11.7 Å². The third-order valence-electron chi connectivity index (χ3n) is 2.22. The zero-order valence-corrected chi connectivity index (χ0v) is 12.6. The Bertz CT molecular complexity index is 426. The van der Waals surface area contributed by atoms with Gasteiger partial charge in [-0.15, -0.1) is 11.6 Å². The molecule has 1 N–H and O–H groups in total. The molecule has 1 heterocycles. The Morgan fingerprint density at radius 2 is 2.11 bits per heavy atom. The number of halogens is 1. The van der Waals surface area contributed by atoms with Crippen LogP contribution in [0.5, 0.6) is 0 Å². The molecule has 1 unspecified atom stereocenters. The predicted molar refractivity (Wildman–Crippen MR) is 70.8 cm³/mol. The van der Waals surface area contributed by atoms with Crippen LogP contribution >= 0.6 is 11.6 Å². The van der Waals surface area contributed by atoms with Gasteiger partial charge in [-0.25, -0.2) is 4.79 Å². The lowest BCUT2D eigenvalue weighted by Gasteiger charge is -2.23. The maximum absolute atomic E-state index is 11.8. The summed E-state index contributed by atoms with van der Waals surface area (Å²) >= 11 is 5.61. The van der Waals surface area contributed by atoms with Gasteiger partial charge in [0.25, 0.3) is 0 Å². The molecule has 1 rings (SSSR count). The molecule has 0 bridgehead atoms. The molecule has 0 aliphatic carbocycles. The Labute approximate surface area is 117 Å². The SMILES string of the molecule is CC(C)C(NC(=O)OC(C)(C)C)c1noc(CCl)n1. The van der Waals surface area contributed by atoms with E-state index in [1.165, 1.54) is 0 Å². The first-order chi connectivity index (χ1) is 8.73. The molecule has 1 atom stereocenters. The third kappa shape index (κ3) is 5.06. The van der Waals surface area contributed by atoms with E-state index in [0.717, 1.165) is 0 Å². The Morgan fingerprint density at radius 3 is 2.53 bits per heavy atom. The van der Waals surface area contributed by atoms with Crippen molar-refractivity contribution in [3.63, 3.8) is 0 Å². The second kappa shape index (κ2) is 6.23. The number of nitrogens with zero attached hydrogens (tertiary/aromatic N) is 2. The van der Waals surface area contributed by atoms with Gasteiger partial charge >= 0.3 is 6.09 Å². The summed E-state index contributed by atoms with van der Waals surface area (Å²) in [4.78, 5) is 15.9. The van der Waals surface area contributed by atoms with E-state index >= 15 is 0 Å². The second-order valence-electron chi connectivity index (χ2n) is 5.55. The molecule has 6 nitrogen and oxygen atoms in total. The van der Waals surface area contributed by atoms with Gasteiger partial charge in [-0.3, -0.25) is 0 Å². The largest absolute Gasteiger partial charge is 0.444 e. The normalized spacial score (nSPS) is 13.4. The number of hydrogen-bond acceptors (Lipinski definition) is 5. The number of aromatic nitrogens is 2. The molecule has 0 radical (unpaired) electrons. The van der Waals surface area contributed by atoms with Crippen molar-refractivity contribution in [3.8, 4) is 0 Å². The summed E-state index contributed by atoms with van der Waals surface area (Å²) in [5.74, 6) is 0.961. The minimum Gasteiger partial charge on any atom is -0.444 e. The van der Waals surface area contributed by atoms with Crippen LogP contribution in [0.25, 0.3) is 0 Å². The fourth-order valence-corrected chi connectivity index (χ4v) is 1.52. The smallest absolute Gasteiger partial charge is 0.408 e. The van der Waals surface area contributed by atoms with E-state index in [-0.39, 0.29) is 17.8 Å². The monoisotopic (exact) mass is 289 g/mol. The zero-order chi connectivity index (χ0) is 14.6. The van der Waals surface area contributed by atoms with Crippen molar-refractivity contribution in [2.75, 3.05) is 0 Å². The van der Waals surface area contributed by atoms with Gasteiger partial charge in [0.2, 0.25) is 5.89 Å². The Morgan fingerprint density at radius 1 is 1.47 bits per heavy atom. The zero-order valence-electron chi connectivity index (χ0n) is 11.9. The molecule has 1 aromatic heterocycles. The third-order valence-corrected chi connectivity index (χ3v) is 2.44. The average molecular weight is 290 g/mol. The highest BCUT2D eigenvalue weighted by Crippen LogP contribution is 2.20. The molecular formula is C12H20ClN3O3. The number of rotatable bonds is 4. The molecule has 0 aliphatic heterocycles. The van der Waals surface area contributed by atoms with E-state index in [1.807, 2.05) is 13.8 Å². The van der Waals surface area contributed by atoms with Gasteiger partial charge in [0, 0.05) is 0 Å². The van der Waals surface area contributed by atoms with Crippen LogP contribution in [0.3, 0.4) is 0 Å². The second-order valence-corrected chi connectivity index (χ2v) is 5.82. The fourth-order valence-electron chi connectivity index (χ4n) is 1.41. The molecule has 0 aliphatic rings. The van der Waals surface area contributed by atoms with Gasteiger partial charge < -0.3 is 14.6 Å². The van der Waals surface area contributed by atoms with Crippen molar-refractivity contribution in [2.24, 2.45) is 5.92 Å². The summed E-state index contributed by atoms with van der Waals surface area (Å²) in [5.41, 5.74) is -0.551. The minimum absolute atomic E-state index is 0.0910. The highest BCUT2D eigenvalue weighted by molar-refractivity contribution is 6.16. The van der Waals surface area contributed by atoms with Gasteiger partial charge in [0.15, 0.2) is 5.82 Å². The molecular weight excluding hydrogens is 270 g/mol. The van der Waals surface area contributed by atoms with Crippen molar-refractivity contribution < 1.29 is 14.1 Å². The Balaban J connectivity index is 2.76. The van der Waals surface area contributed by atoms with Gasteiger partial charge in [-0.1, -0.05) is 19.0 Å². The maximum Gasteiger partial charge on any atom is 0.408 e. The van der Waals surface area contributed by atoms with Gasteiger partial charge in [0.1, 0.15) is 11.5 Å². The first-order valence-corrected chi connectivity index (χ1v) is 6.64. The first kappa shape index (κ1) is 15.8. The molecule has 1 aromatic rings. The van der Waals surface area contributed by atoms with Crippen LogP contribution in [0.15, 0.2) is 4.52 Å². The highest BCUT2D eigenvalue weighted by Gasteiger charge is 2.26. The number of alkyl carbamates (subject to hydrolysis) is 1. The number of alkyl halides is 1. The molecule has 108 valence electrons. The molecule has 0 saturated carbocycles. The van der Waals surface area contributed by atoms with Crippen molar-refractivity contribution in [2.45, 2.75) is 52.1 Å². The average Bonchev–Trinajstić information content (AvgIpc) is 2.71. The van der Waals surface area contributed by atoms with Crippen LogP contribution in [0.1, 0.15) is 52.4 Å². The molecule has 0 fully saturated rings. The van der Waals surface area contributed by atoms with Gasteiger partial charge in [0.05, 0.1) is 6.04 Å². The summed E-state index contributed by atoms with van der Waals surface area (Å²) in [7, 11) is 0. The first-order valence-electron chi connectivity index (χ1n) is 6.11. The summed E-state index contributed by atoms with van der Waals surface area (Å²) < 4.78 is 10.2. The highest BCUT2D eigenvalue weighted by atomic mass is 35.5. The van der Waals surface area contributed by atoms with Crippen LogP contribution in [0.2, 0.25) is 0 Å². The number of ether oxygens (including phenoxy) is 1. The summed E-state index contributed by atoms with van der Waals surface area (Å²) in [6.45, 7) is 9.29. The lowest BCUT2D eigenvalue weighted by molar-refractivity contribution is 0.0486. The predicted octanol–water partition coefficient (Wildman–Crippen LogP) is 3.03. The van der Waals surface area contributed by atoms with Crippen LogP contribution in [-0.2, 0) is 10.6 Å². The van der Waals surface area contributed by atoms with Crippen molar-refractivity contribution in [1.29, 1.82) is 0 Å². The van der Waals surface area contributed by atoms with Crippen LogP contribution in [-0.4, -0.2) is 21.8 Å². The minimum atomic E-state index is -0.551. The van der Waals surface area contributed by atoms with E-state index in [0.29, 0.717) is 11.7 Å². The van der Waals surface area contributed by atoms with Crippen LogP contribution in [0.4, 0.5) is 4.79 Å². The lowest BCUT2D eigenvalue weighted by Crippen LogP contribution is -2.37. The van der Waals surface area contributed by atoms with Crippen molar-refractivity contribution >= 4 is 17.7 Å². The van der Waals surface area contributed by atoms with Gasteiger partial charge in [-0.2, -0.15) is 4.98 Å². The van der Waals surface area contributed by atoms with Crippen molar-refractivity contribution in [1.82, 2.24) is 15.5 Å². The number of carbonyl (C=O) groups excluding carboxylic acids is 1. The van der Waals surface area contributed by atoms with Gasteiger partial charge in [-0.05, 0) is 26.7 Å². The molecule has 7 heteroatoms. The molecule has 0 aromatic carbocycles.